The fourth-order valence-corrected chi connectivity index (χ4v) is 2.86. The van der Waals surface area contributed by atoms with Gasteiger partial charge in [-0.15, -0.1) is 11.3 Å². The molecule has 0 aliphatic carbocycles. The molecule has 1 unspecified atom stereocenters. The summed E-state index contributed by atoms with van der Waals surface area (Å²) in [5.41, 5.74) is 0.574. The molecule has 4 heteroatoms. The molecule has 0 fully saturated rings. The van der Waals surface area contributed by atoms with Crippen molar-refractivity contribution in [3.63, 3.8) is 0 Å². The lowest BCUT2D eigenvalue weighted by atomic mass is 9.82. The van der Waals surface area contributed by atoms with Crippen LogP contribution in [-0.2, 0) is 21.4 Å². The normalized spacial score (nSPS) is 13.6. The number of esters is 1. The fraction of sp³-hybridized carbons (Fsp3) is 0.583. The molecule has 0 aliphatic heterocycles. The molecule has 1 aromatic heterocycles. The van der Waals surface area contributed by atoms with Gasteiger partial charge in [0.05, 0.1) is 7.11 Å². The van der Waals surface area contributed by atoms with Gasteiger partial charge in [-0.05, 0) is 23.4 Å². The Balaban J connectivity index is 3.05. The molecule has 0 bridgehead atoms. The molecule has 0 aliphatic rings. The summed E-state index contributed by atoms with van der Waals surface area (Å²) in [7, 11) is 1.29. The van der Waals surface area contributed by atoms with E-state index in [4.69, 9.17) is 0 Å². The van der Waals surface area contributed by atoms with Gasteiger partial charge in [0.15, 0.2) is 6.10 Å². The number of aryl methyl sites for hydroxylation is 1. The van der Waals surface area contributed by atoms with Crippen molar-refractivity contribution in [1.82, 2.24) is 0 Å². The highest BCUT2D eigenvalue weighted by Gasteiger charge is 2.38. The van der Waals surface area contributed by atoms with Gasteiger partial charge >= 0.3 is 5.97 Å². The van der Waals surface area contributed by atoms with Gasteiger partial charge in [0.2, 0.25) is 0 Å². The second-order valence-electron chi connectivity index (χ2n) is 4.28. The van der Waals surface area contributed by atoms with Crippen molar-refractivity contribution < 1.29 is 14.6 Å². The molecule has 0 amide bonds. The van der Waals surface area contributed by atoms with Crippen molar-refractivity contribution in [2.24, 2.45) is 0 Å². The highest BCUT2D eigenvalue weighted by molar-refractivity contribution is 7.10. The zero-order valence-corrected chi connectivity index (χ0v) is 10.9. The van der Waals surface area contributed by atoms with Gasteiger partial charge < -0.3 is 9.84 Å². The molecule has 0 aromatic carbocycles. The number of carbonyl (C=O) groups is 1. The first-order valence-electron chi connectivity index (χ1n) is 5.27. The number of hydrogen-bond donors (Lipinski definition) is 1. The van der Waals surface area contributed by atoms with Crippen LogP contribution in [0.5, 0.6) is 0 Å². The van der Waals surface area contributed by atoms with Crippen LogP contribution in [0.2, 0.25) is 0 Å². The third-order valence-corrected chi connectivity index (χ3v) is 4.12. The van der Waals surface area contributed by atoms with Gasteiger partial charge in [-0.2, -0.15) is 0 Å². The van der Waals surface area contributed by atoms with Gasteiger partial charge in [0.25, 0.3) is 0 Å². The van der Waals surface area contributed by atoms with Crippen LogP contribution in [0.25, 0.3) is 0 Å². The molecule has 3 nitrogen and oxygen atoms in total. The molecule has 90 valence electrons. The van der Waals surface area contributed by atoms with Crippen LogP contribution in [0.15, 0.2) is 11.4 Å². The molecular formula is C12H18O3S. The fourth-order valence-electron chi connectivity index (χ4n) is 1.71. The molecule has 16 heavy (non-hydrogen) atoms. The average Bonchev–Trinajstić information content (AvgIpc) is 2.75. The van der Waals surface area contributed by atoms with Crippen molar-refractivity contribution in [1.29, 1.82) is 0 Å². The summed E-state index contributed by atoms with van der Waals surface area (Å²) in [4.78, 5) is 12.4. The minimum absolute atomic E-state index is 0.583. The molecule has 1 heterocycles. The maximum absolute atomic E-state index is 11.4. The van der Waals surface area contributed by atoms with E-state index in [-0.39, 0.29) is 0 Å². The van der Waals surface area contributed by atoms with Crippen molar-refractivity contribution >= 4 is 17.3 Å². The quantitative estimate of drug-likeness (QED) is 0.823. The topological polar surface area (TPSA) is 46.5 Å². The molecule has 1 N–H and O–H groups in total. The van der Waals surface area contributed by atoms with E-state index in [9.17, 15) is 9.90 Å². The molecule has 0 spiro atoms. The Morgan fingerprint density at radius 1 is 1.62 bits per heavy atom. The third kappa shape index (κ3) is 2.28. The first-order valence-corrected chi connectivity index (χ1v) is 6.15. The van der Waals surface area contributed by atoms with E-state index in [1.54, 1.807) is 11.3 Å². The smallest absolute Gasteiger partial charge is 0.335 e. The maximum atomic E-state index is 11.4. The molecule has 0 saturated heterocycles. The zero-order chi connectivity index (χ0) is 12.3. The van der Waals surface area contributed by atoms with Crippen LogP contribution in [0, 0.1) is 0 Å². The van der Waals surface area contributed by atoms with Crippen LogP contribution < -0.4 is 0 Å². The Morgan fingerprint density at radius 3 is 2.75 bits per heavy atom. The van der Waals surface area contributed by atoms with Gasteiger partial charge in [0, 0.05) is 10.3 Å². The highest BCUT2D eigenvalue weighted by atomic mass is 32.1. The molecule has 0 saturated carbocycles. The lowest BCUT2D eigenvalue weighted by Crippen LogP contribution is -2.40. The Kier molecular flexibility index (Phi) is 4.10. The zero-order valence-electron chi connectivity index (χ0n) is 10.1. The van der Waals surface area contributed by atoms with Gasteiger partial charge in [-0.1, -0.05) is 20.8 Å². The van der Waals surface area contributed by atoms with Crippen LogP contribution >= 0.6 is 11.3 Å². The van der Waals surface area contributed by atoms with Crippen molar-refractivity contribution in [3.05, 3.63) is 21.9 Å². The minimum Gasteiger partial charge on any atom is -0.467 e. The molecule has 0 radical (unpaired) electrons. The summed E-state index contributed by atoms with van der Waals surface area (Å²) in [5, 5.41) is 12.0. The lowest BCUT2D eigenvalue weighted by molar-refractivity contribution is -0.153. The third-order valence-electron chi connectivity index (χ3n) is 2.82. The predicted octanol–water partition coefficient (Wildman–Crippen LogP) is 2.12. The van der Waals surface area contributed by atoms with Gasteiger partial charge in [0.1, 0.15) is 0 Å². The summed E-state index contributed by atoms with van der Waals surface area (Å²) in [6, 6.07) is 2.03. The summed E-state index contributed by atoms with van der Waals surface area (Å²) >= 11 is 1.57. The predicted molar refractivity (Wildman–Crippen MR) is 64.7 cm³/mol. The number of methoxy groups -OCH3 is 1. The highest BCUT2D eigenvalue weighted by Crippen LogP contribution is 2.34. The first-order chi connectivity index (χ1) is 7.45. The van der Waals surface area contributed by atoms with Crippen LogP contribution in [0.3, 0.4) is 0 Å². The SMILES string of the molecule is CCc1ccsc1C(C)(C)C(O)C(=O)OC. The Bertz CT molecular complexity index is 368. The standard InChI is InChI=1S/C12H18O3S/c1-5-8-6-7-16-10(8)12(2,3)9(13)11(14)15-4/h6-7,9,13H,5H2,1-4H3. The molecule has 1 aromatic rings. The van der Waals surface area contributed by atoms with Gasteiger partial charge in [-0.25, -0.2) is 4.79 Å². The summed E-state index contributed by atoms with van der Waals surface area (Å²) < 4.78 is 4.59. The number of rotatable bonds is 4. The maximum Gasteiger partial charge on any atom is 0.335 e. The van der Waals surface area contributed by atoms with Crippen LogP contribution in [-0.4, -0.2) is 24.3 Å². The number of aliphatic hydroxyl groups excluding tert-OH is 1. The monoisotopic (exact) mass is 242 g/mol. The lowest BCUT2D eigenvalue weighted by Gasteiger charge is -2.28. The second kappa shape index (κ2) is 4.97. The number of hydrogen-bond acceptors (Lipinski definition) is 4. The van der Waals surface area contributed by atoms with Crippen LogP contribution in [0.1, 0.15) is 31.2 Å². The number of ether oxygens (including phenoxy) is 1. The van der Waals surface area contributed by atoms with Crippen LogP contribution in [0.4, 0.5) is 0 Å². The van der Waals surface area contributed by atoms with E-state index < -0.39 is 17.5 Å². The van der Waals surface area contributed by atoms with Crippen molar-refractivity contribution in [2.45, 2.75) is 38.7 Å². The van der Waals surface area contributed by atoms with E-state index in [0.717, 1.165) is 11.3 Å². The molecular weight excluding hydrogens is 224 g/mol. The van der Waals surface area contributed by atoms with E-state index in [0.29, 0.717) is 0 Å². The van der Waals surface area contributed by atoms with E-state index in [2.05, 4.69) is 11.7 Å². The summed E-state index contributed by atoms with van der Waals surface area (Å²) in [6.45, 7) is 5.78. The number of thiophene rings is 1. The first kappa shape index (κ1) is 13.2. The number of aliphatic hydroxyl groups is 1. The number of carbonyl (C=O) groups excluding carboxylic acids is 1. The Labute approximate surface area is 100 Å². The average molecular weight is 242 g/mol. The van der Waals surface area contributed by atoms with Crippen molar-refractivity contribution in [2.75, 3.05) is 7.11 Å². The van der Waals surface area contributed by atoms with E-state index >= 15 is 0 Å². The Hall–Kier alpha value is -0.870. The molecule has 1 rings (SSSR count). The van der Waals surface area contributed by atoms with Gasteiger partial charge in [-0.3, -0.25) is 0 Å². The largest absolute Gasteiger partial charge is 0.467 e. The minimum atomic E-state index is -1.12. The summed E-state index contributed by atoms with van der Waals surface area (Å²) in [5.74, 6) is -0.583. The summed E-state index contributed by atoms with van der Waals surface area (Å²) in [6.07, 6.45) is -0.225. The second-order valence-corrected chi connectivity index (χ2v) is 5.19. The van der Waals surface area contributed by atoms with E-state index in [1.165, 1.54) is 12.7 Å². The van der Waals surface area contributed by atoms with Crippen molar-refractivity contribution in [3.8, 4) is 0 Å². The van der Waals surface area contributed by atoms with E-state index in [1.807, 2.05) is 25.3 Å². The Morgan fingerprint density at radius 2 is 2.25 bits per heavy atom. The molecule has 1 atom stereocenters.